The molecule has 0 saturated heterocycles. The van der Waals surface area contributed by atoms with Gasteiger partial charge < -0.3 is 0 Å². The molecule has 0 unspecified atom stereocenters. The highest BCUT2D eigenvalue weighted by Gasteiger charge is 2.28. The van der Waals surface area contributed by atoms with Crippen LogP contribution in [0.5, 0.6) is 0 Å². The number of rotatable bonds is 2. The maximum atomic E-state index is 13.6. The molecule has 0 aliphatic carbocycles. The number of alkyl halides is 2. The number of benzene rings is 1. The highest BCUT2D eigenvalue weighted by Crippen LogP contribution is 2.34. The first kappa shape index (κ1) is 12.5. The molecule has 90 valence electrons. The molecule has 1 aromatic carbocycles. The van der Waals surface area contributed by atoms with Crippen molar-refractivity contribution in [2.75, 3.05) is 0 Å². The molecule has 1 heterocycles. The molecule has 0 amide bonds. The van der Waals surface area contributed by atoms with Crippen LogP contribution in [0.1, 0.15) is 11.1 Å². The lowest BCUT2D eigenvalue weighted by Crippen LogP contribution is -2.09. The van der Waals surface area contributed by atoms with Crippen LogP contribution < -0.4 is 0 Å². The summed E-state index contributed by atoms with van der Waals surface area (Å²) in [4.78, 5) is 0. The lowest BCUT2D eigenvalue weighted by atomic mass is 10.0. The third-order valence-corrected chi connectivity index (χ3v) is 3.50. The van der Waals surface area contributed by atoms with Crippen molar-refractivity contribution in [3.63, 3.8) is 0 Å². The highest BCUT2D eigenvalue weighted by molar-refractivity contribution is 14.1. The second-order valence-corrected chi connectivity index (χ2v) is 4.95. The summed E-state index contributed by atoms with van der Waals surface area (Å²) < 4.78 is 29.6. The number of hydrogen-bond donors (Lipinski definition) is 0. The molecule has 0 saturated carbocycles. The van der Waals surface area contributed by atoms with Crippen molar-refractivity contribution < 1.29 is 8.78 Å². The normalized spacial score (nSPS) is 12.1. The molecule has 0 radical (unpaired) electrons. The van der Waals surface area contributed by atoms with Crippen molar-refractivity contribution in [3.05, 3.63) is 39.6 Å². The molecule has 1 aromatic heterocycles. The Bertz CT molecular complexity index is 602. The van der Waals surface area contributed by atoms with E-state index in [2.05, 4.69) is 34.3 Å². The fraction of sp³-hybridized carbons (Fsp3) is 0.250. The Balaban J connectivity index is 2.80. The number of nitrogens with zero attached hydrogens (tertiary/aromatic N) is 2. The van der Waals surface area contributed by atoms with E-state index in [9.17, 15) is 8.78 Å². The number of halogens is 3. The van der Waals surface area contributed by atoms with Gasteiger partial charge in [0.15, 0.2) is 0 Å². The fourth-order valence-corrected chi connectivity index (χ4v) is 2.86. The zero-order valence-electron chi connectivity index (χ0n) is 9.47. The standard InChI is InChI=1S/C12H11F2IN2/c1-4-12(13,14)8-5-7(2)10-9(6-8)17(3)16-11(10)15/h4-6H,1H2,2-3H3. The SMILES string of the molecule is C=CC(F)(F)c1cc(C)c2c(I)nn(C)c2c1. The Kier molecular flexibility index (Phi) is 2.97. The van der Waals surface area contributed by atoms with E-state index in [1.165, 1.54) is 12.1 Å². The maximum absolute atomic E-state index is 13.6. The van der Waals surface area contributed by atoms with Crippen LogP contribution in [0.15, 0.2) is 24.8 Å². The molecule has 0 fully saturated rings. The Hall–Kier alpha value is -0.980. The van der Waals surface area contributed by atoms with Gasteiger partial charge in [0.25, 0.3) is 5.92 Å². The summed E-state index contributed by atoms with van der Waals surface area (Å²) in [6, 6.07) is 2.97. The summed E-state index contributed by atoms with van der Waals surface area (Å²) in [5.41, 5.74) is 1.47. The minimum atomic E-state index is -3.01. The van der Waals surface area contributed by atoms with Crippen molar-refractivity contribution in [1.29, 1.82) is 0 Å². The van der Waals surface area contributed by atoms with Crippen LogP contribution in [0, 0.1) is 10.6 Å². The van der Waals surface area contributed by atoms with Crippen LogP contribution in [-0.2, 0) is 13.0 Å². The van der Waals surface area contributed by atoms with Crippen molar-refractivity contribution in [2.24, 2.45) is 7.05 Å². The van der Waals surface area contributed by atoms with Gasteiger partial charge in [0, 0.05) is 18.0 Å². The number of fused-ring (bicyclic) bond motifs is 1. The average molecular weight is 348 g/mol. The van der Waals surface area contributed by atoms with Crippen molar-refractivity contribution >= 4 is 33.5 Å². The topological polar surface area (TPSA) is 17.8 Å². The molecule has 0 aliphatic heterocycles. The van der Waals surface area contributed by atoms with E-state index >= 15 is 0 Å². The van der Waals surface area contributed by atoms with E-state index in [4.69, 9.17) is 0 Å². The minimum absolute atomic E-state index is 0.0445. The van der Waals surface area contributed by atoms with Gasteiger partial charge in [-0.05, 0) is 53.3 Å². The van der Waals surface area contributed by atoms with Gasteiger partial charge in [0.2, 0.25) is 0 Å². The van der Waals surface area contributed by atoms with E-state index in [-0.39, 0.29) is 5.56 Å². The monoisotopic (exact) mass is 348 g/mol. The summed E-state index contributed by atoms with van der Waals surface area (Å²) in [5, 5.41) is 5.16. The second kappa shape index (κ2) is 4.04. The van der Waals surface area contributed by atoms with E-state index in [1.807, 2.05) is 6.92 Å². The van der Waals surface area contributed by atoms with Crippen molar-refractivity contribution in [3.8, 4) is 0 Å². The van der Waals surface area contributed by atoms with Gasteiger partial charge in [0.05, 0.1) is 5.52 Å². The van der Waals surface area contributed by atoms with E-state index < -0.39 is 5.92 Å². The number of aromatic nitrogens is 2. The zero-order chi connectivity index (χ0) is 12.8. The fourth-order valence-electron chi connectivity index (χ4n) is 1.84. The quantitative estimate of drug-likeness (QED) is 0.597. The van der Waals surface area contributed by atoms with Gasteiger partial charge in [-0.15, -0.1) is 0 Å². The maximum Gasteiger partial charge on any atom is 0.291 e. The first-order valence-electron chi connectivity index (χ1n) is 5.01. The summed E-state index contributed by atoms with van der Waals surface area (Å²) in [6.07, 6.45) is 0.662. The predicted octanol–water partition coefficient (Wildman–Crippen LogP) is 3.76. The smallest absolute Gasteiger partial charge is 0.267 e. The largest absolute Gasteiger partial charge is 0.291 e. The molecule has 0 bridgehead atoms. The lowest BCUT2D eigenvalue weighted by Gasteiger charge is -2.13. The third kappa shape index (κ3) is 1.96. The molecule has 2 rings (SSSR count). The first-order valence-corrected chi connectivity index (χ1v) is 6.09. The van der Waals surface area contributed by atoms with E-state index in [1.54, 1.807) is 11.7 Å². The first-order chi connectivity index (χ1) is 7.86. The number of allylic oxidation sites excluding steroid dienone is 1. The van der Waals surface area contributed by atoms with Crippen LogP contribution in [0.3, 0.4) is 0 Å². The van der Waals surface area contributed by atoms with Crippen LogP contribution in [0.4, 0.5) is 8.78 Å². The van der Waals surface area contributed by atoms with Crippen LogP contribution in [0.2, 0.25) is 0 Å². The molecule has 17 heavy (non-hydrogen) atoms. The molecule has 0 aliphatic rings. The van der Waals surface area contributed by atoms with E-state index in [0.717, 1.165) is 14.7 Å². The minimum Gasteiger partial charge on any atom is -0.267 e. The van der Waals surface area contributed by atoms with Gasteiger partial charge in [-0.3, -0.25) is 4.68 Å². The molecule has 5 heteroatoms. The predicted molar refractivity (Wildman–Crippen MR) is 72.3 cm³/mol. The Morgan fingerprint density at radius 3 is 2.71 bits per heavy atom. The third-order valence-electron chi connectivity index (χ3n) is 2.75. The average Bonchev–Trinajstić information content (AvgIpc) is 2.55. The summed E-state index contributed by atoms with van der Waals surface area (Å²) >= 11 is 2.11. The van der Waals surface area contributed by atoms with Crippen molar-refractivity contribution in [2.45, 2.75) is 12.8 Å². The van der Waals surface area contributed by atoms with Gasteiger partial charge in [-0.1, -0.05) is 6.58 Å². The Morgan fingerprint density at radius 2 is 2.12 bits per heavy atom. The zero-order valence-corrected chi connectivity index (χ0v) is 11.6. The Labute approximate surface area is 111 Å². The van der Waals surface area contributed by atoms with Gasteiger partial charge in [-0.2, -0.15) is 13.9 Å². The molecule has 0 spiro atoms. The summed E-state index contributed by atoms with van der Waals surface area (Å²) in [6.45, 7) is 4.99. The second-order valence-electron chi connectivity index (χ2n) is 3.93. The van der Waals surface area contributed by atoms with E-state index in [0.29, 0.717) is 11.6 Å². The highest BCUT2D eigenvalue weighted by atomic mass is 127. The number of aryl methyl sites for hydroxylation is 2. The molecular weight excluding hydrogens is 337 g/mol. The van der Waals surface area contributed by atoms with Crippen molar-refractivity contribution in [1.82, 2.24) is 9.78 Å². The Morgan fingerprint density at radius 1 is 1.47 bits per heavy atom. The van der Waals surface area contributed by atoms with Gasteiger partial charge in [0.1, 0.15) is 3.70 Å². The lowest BCUT2D eigenvalue weighted by molar-refractivity contribution is 0.0526. The molecule has 0 N–H and O–H groups in total. The van der Waals surface area contributed by atoms with Gasteiger partial charge in [-0.25, -0.2) is 0 Å². The molecule has 2 nitrogen and oxygen atoms in total. The summed E-state index contributed by atoms with van der Waals surface area (Å²) in [7, 11) is 1.75. The molecular formula is C12H11F2IN2. The van der Waals surface area contributed by atoms with Crippen LogP contribution in [-0.4, -0.2) is 9.78 Å². The number of hydrogen-bond acceptors (Lipinski definition) is 1. The summed E-state index contributed by atoms with van der Waals surface area (Å²) in [5.74, 6) is -3.01. The molecule has 2 aromatic rings. The van der Waals surface area contributed by atoms with Crippen LogP contribution >= 0.6 is 22.6 Å². The van der Waals surface area contributed by atoms with Crippen LogP contribution in [0.25, 0.3) is 10.9 Å². The molecule has 0 atom stereocenters. The van der Waals surface area contributed by atoms with Gasteiger partial charge >= 0.3 is 0 Å².